The van der Waals surface area contributed by atoms with Crippen LogP contribution in [0.5, 0.6) is 0 Å². The highest BCUT2D eigenvalue weighted by molar-refractivity contribution is 5.95. The molecule has 1 saturated heterocycles. The lowest BCUT2D eigenvalue weighted by Gasteiger charge is -2.27. The van der Waals surface area contributed by atoms with Crippen molar-refractivity contribution in [3.8, 4) is 0 Å². The van der Waals surface area contributed by atoms with Crippen molar-refractivity contribution < 1.29 is 9.53 Å². The van der Waals surface area contributed by atoms with E-state index >= 15 is 0 Å². The summed E-state index contributed by atoms with van der Waals surface area (Å²) in [6.45, 7) is 6.55. The smallest absolute Gasteiger partial charge is 0.251 e. The van der Waals surface area contributed by atoms with E-state index in [2.05, 4.69) is 15.5 Å². The number of carbonyl (C=O) groups excluding carboxylic acids is 1. The van der Waals surface area contributed by atoms with E-state index < -0.39 is 0 Å². The first-order chi connectivity index (χ1) is 10.3. The lowest BCUT2D eigenvalue weighted by Crippen LogP contribution is -2.44. The van der Waals surface area contributed by atoms with Crippen LogP contribution < -0.4 is 10.6 Å². The average Bonchev–Trinajstić information content (AvgIpc) is 2.53. The second-order valence-electron chi connectivity index (χ2n) is 5.29. The molecule has 21 heavy (non-hydrogen) atoms. The maximum Gasteiger partial charge on any atom is 0.251 e. The van der Waals surface area contributed by atoms with Gasteiger partial charge in [0.15, 0.2) is 0 Å². The summed E-state index contributed by atoms with van der Waals surface area (Å²) in [6.07, 6.45) is 0.984. The predicted octanol–water partition coefficient (Wildman–Crippen LogP) is 0.858. The molecule has 5 heteroatoms. The number of carbonyl (C=O) groups is 1. The van der Waals surface area contributed by atoms with Gasteiger partial charge in [-0.05, 0) is 24.6 Å². The van der Waals surface area contributed by atoms with Crippen molar-refractivity contribution in [2.45, 2.75) is 13.0 Å². The second-order valence-corrected chi connectivity index (χ2v) is 5.29. The summed E-state index contributed by atoms with van der Waals surface area (Å²) >= 11 is 0. The molecule has 0 aliphatic carbocycles. The Hall–Kier alpha value is -1.43. The molecule has 0 spiro atoms. The molecule has 1 amide bonds. The van der Waals surface area contributed by atoms with Crippen molar-refractivity contribution in [2.75, 3.05) is 46.4 Å². The zero-order chi connectivity index (χ0) is 14.9. The van der Waals surface area contributed by atoms with Crippen molar-refractivity contribution in [1.82, 2.24) is 15.5 Å². The Morgan fingerprint density at radius 3 is 2.86 bits per heavy atom. The molecular formula is C16H25N3O2. The lowest BCUT2D eigenvalue weighted by atomic mass is 10.1. The standard InChI is InChI=1S/C16H25N3O2/c1-21-13-14-5-2-3-6-15(14)16(20)18-7-4-10-19-11-8-17-9-12-19/h2-3,5-6,17H,4,7-13H2,1H3,(H,18,20). The van der Waals surface area contributed by atoms with E-state index in [4.69, 9.17) is 4.74 Å². The number of piperazine rings is 1. The highest BCUT2D eigenvalue weighted by Gasteiger charge is 2.11. The molecule has 1 fully saturated rings. The molecule has 5 nitrogen and oxygen atoms in total. The van der Waals surface area contributed by atoms with Gasteiger partial charge in [0.1, 0.15) is 0 Å². The second kappa shape index (κ2) is 8.77. The molecule has 0 bridgehead atoms. The molecule has 1 aliphatic heterocycles. The molecule has 1 aromatic carbocycles. The van der Waals surface area contributed by atoms with Crippen LogP contribution in [0.25, 0.3) is 0 Å². The fraction of sp³-hybridized carbons (Fsp3) is 0.562. The molecule has 0 radical (unpaired) electrons. The van der Waals surface area contributed by atoms with Gasteiger partial charge in [-0.2, -0.15) is 0 Å². The molecule has 1 heterocycles. The number of amides is 1. The van der Waals surface area contributed by atoms with E-state index in [9.17, 15) is 4.79 Å². The number of ether oxygens (including phenoxy) is 1. The first-order valence-electron chi connectivity index (χ1n) is 7.59. The largest absolute Gasteiger partial charge is 0.380 e. The van der Waals surface area contributed by atoms with Gasteiger partial charge < -0.3 is 20.3 Å². The number of nitrogens with one attached hydrogen (secondary N) is 2. The fourth-order valence-electron chi connectivity index (χ4n) is 2.56. The van der Waals surface area contributed by atoms with E-state index in [1.54, 1.807) is 7.11 Å². The van der Waals surface area contributed by atoms with Crippen molar-refractivity contribution in [3.63, 3.8) is 0 Å². The van der Waals surface area contributed by atoms with Gasteiger partial charge in [0.05, 0.1) is 6.61 Å². The van der Waals surface area contributed by atoms with Gasteiger partial charge in [-0.15, -0.1) is 0 Å². The minimum Gasteiger partial charge on any atom is -0.380 e. The van der Waals surface area contributed by atoms with Crippen LogP contribution in [0.3, 0.4) is 0 Å². The van der Waals surface area contributed by atoms with Crippen LogP contribution in [-0.2, 0) is 11.3 Å². The number of hydrogen-bond donors (Lipinski definition) is 2. The van der Waals surface area contributed by atoms with Crippen molar-refractivity contribution in [2.24, 2.45) is 0 Å². The number of nitrogens with zero attached hydrogens (tertiary/aromatic N) is 1. The maximum absolute atomic E-state index is 12.2. The Morgan fingerprint density at radius 2 is 2.10 bits per heavy atom. The average molecular weight is 291 g/mol. The molecule has 2 N–H and O–H groups in total. The SMILES string of the molecule is COCc1ccccc1C(=O)NCCCN1CCNCC1. The maximum atomic E-state index is 12.2. The van der Waals surface area contributed by atoms with Crippen molar-refractivity contribution >= 4 is 5.91 Å². The van der Waals surface area contributed by atoms with E-state index in [1.165, 1.54) is 0 Å². The van der Waals surface area contributed by atoms with Crippen LogP contribution in [-0.4, -0.2) is 57.2 Å². The molecule has 116 valence electrons. The molecule has 2 rings (SSSR count). The van der Waals surface area contributed by atoms with Crippen LogP contribution in [0.2, 0.25) is 0 Å². The number of methoxy groups -OCH3 is 1. The third-order valence-electron chi connectivity index (χ3n) is 3.71. The monoisotopic (exact) mass is 291 g/mol. The summed E-state index contributed by atoms with van der Waals surface area (Å²) in [4.78, 5) is 14.6. The van der Waals surface area contributed by atoms with Crippen LogP contribution in [0.1, 0.15) is 22.3 Å². The highest BCUT2D eigenvalue weighted by Crippen LogP contribution is 2.09. The number of hydrogen-bond acceptors (Lipinski definition) is 4. The van der Waals surface area contributed by atoms with Gasteiger partial charge in [-0.1, -0.05) is 18.2 Å². The minimum absolute atomic E-state index is 0.0111. The summed E-state index contributed by atoms with van der Waals surface area (Å²) < 4.78 is 5.13. The van der Waals surface area contributed by atoms with Gasteiger partial charge in [0.2, 0.25) is 0 Å². The number of benzene rings is 1. The topological polar surface area (TPSA) is 53.6 Å². The summed E-state index contributed by atoms with van der Waals surface area (Å²) in [5.74, 6) is -0.0111. The molecular weight excluding hydrogens is 266 g/mol. The summed E-state index contributed by atoms with van der Waals surface area (Å²) in [5.41, 5.74) is 1.64. The summed E-state index contributed by atoms with van der Waals surface area (Å²) in [6, 6.07) is 7.59. The molecule has 1 aliphatic rings. The normalized spacial score (nSPS) is 15.9. The van der Waals surface area contributed by atoms with Crippen molar-refractivity contribution in [3.05, 3.63) is 35.4 Å². The first-order valence-corrected chi connectivity index (χ1v) is 7.59. The Morgan fingerprint density at radius 1 is 1.33 bits per heavy atom. The first kappa shape index (κ1) is 15.9. The Labute approximate surface area is 126 Å². The number of rotatable bonds is 7. The van der Waals surface area contributed by atoms with E-state index in [0.717, 1.165) is 44.7 Å². The van der Waals surface area contributed by atoms with Crippen LogP contribution >= 0.6 is 0 Å². The molecule has 0 unspecified atom stereocenters. The predicted molar refractivity (Wildman–Crippen MR) is 83.4 cm³/mol. The zero-order valence-electron chi connectivity index (χ0n) is 12.7. The zero-order valence-corrected chi connectivity index (χ0v) is 12.7. The van der Waals surface area contributed by atoms with Gasteiger partial charge in [0, 0.05) is 45.4 Å². The third kappa shape index (κ3) is 5.12. The highest BCUT2D eigenvalue weighted by atomic mass is 16.5. The molecule has 0 aromatic heterocycles. The molecule has 0 saturated carbocycles. The van der Waals surface area contributed by atoms with Gasteiger partial charge in [0.25, 0.3) is 5.91 Å². The lowest BCUT2D eigenvalue weighted by molar-refractivity contribution is 0.0946. The third-order valence-corrected chi connectivity index (χ3v) is 3.71. The van der Waals surface area contributed by atoms with E-state index in [-0.39, 0.29) is 5.91 Å². The van der Waals surface area contributed by atoms with Crippen molar-refractivity contribution in [1.29, 1.82) is 0 Å². The minimum atomic E-state index is -0.0111. The van der Waals surface area contributed by atoms with Crippen LogP contribution in [0.15, 0.2) is 24.3 Å². The Bertz CT molecular complexity index is 445. The summed E-state index contributed by atoms with van der Waals surface area (Å²) in [5, 5.41) is 6.34. The van der Waals surface area contributed by atoms with Crippen LogP contribution in [0, 0.1) is 0 Å². The van der Waals surface area contributed by atoms with Crippen LogP contribution in [0.4, 0.5) is 0 Å². The Balaban J connectivity index is 1.74. The van der Waals surface area contributed by atoms with Gasteiger partial charge in [-0.25, -0.2) is 0 Å². The van der Waals surface area contributed by atoms with E-state index in [0.29, 0.717) is 18.7 Å². The Kier molecular flexibility index (Phi) is 6.66. The summed E-state index contributed by atoms with van der Waals surface area (Å²) in [7, 11) is 1.64. The quantitative estimate of drug-likeness (QED) is 0.732. The van der Waals surface area contributed by atoms with Gasteiger partial charge >= 0.3 is 0 Å². The van der Waals surface area contributed by atoms with E-state index in [1.807, 2.05) is 24.3 Å². The van der Waals surface area contributed by atoms with Gasteiger partial charge in [-0.3, -0.25) is 4.79 Å². The molecule has 1 aromatic rings. The fourth-order valence-corrected chi connectivity index (χ4v) is 2.56. The molecule has 0 atom stereocenters.